The highest BCUT2D eigenvalue weighted by Crippen LogP contribution is 2.69. The van der Waals surface area contributed by atoms with Gasteiger partial charge in [-0.25, -0.2) is 0 Å². The van der Waals surface area contributed by atoms with E-state index in [1.807, 2.05) is 11.3 Å². The number of para-hydroxylation sites is 4. The minimum Gasteiger partial charge on any atom is -0.453 e. The predicted octanol–water partition coefficient (Wildman–Crippen LogP) is 22.4. The van der Waals surface area contributed by atoms with E-state index in [1.54, 1.807) is 0 Å². The number of nitrogens with zero attached hydrogens (tertiary/aromatic N) is 3. The summed E-state index contributed by atoms with van der Waals surface area (Å²) in [6, 6.07) is 80.8. The van der Waals surface area contributed by atoms with Crippen LogP contribution in [0.4, 0.5) is 51.2 Å². The highest BCUT2D eigenvalue weighted by molar-refractivity contribution is 7.26. The molecular weight excluding hydrogens is 1010 g/mol. The van der Waals surface area contributed by atoms with Gasteiger partial charge < -0.3 is 19.4 Å². The number of hydrogen-bond acceptors (Lipinski definition) is 5. The molecule has 3 heterocycles. The summed E-state index contributed by atoms with van der Waals surface area (Å²) in [5.74, 6) is 1.69. The molecule has 82 heavy (non-hydrogen) atoms. The van der Waals surface area contributed by atoms with Crippen molar-refractivity contribution in [2.45, 2.75) is 110 Å². The molecule has 0 radical (unpaired) electrons. The van der Waals surface area contributed by atoms with Crippen molar-refractivity contribution < 1.29 is 4.74 Å². The third kappa shape index (κ3) is 7.98. The Labute approximate surface area is 488 Å². The number of hydrogen-bond donors (Lipinski definition) is 0. The van der Waals surface area contributed by atoms with Gasteiger partial charge in [-0.05, 0) is 174 Å². The van der Waals surface area contributed by atoms with Gasteiger partial charge in [-0.2, -0.15) is 0 Å². The maximum atomic E-state index is 7.07. The molecule has 4 nitrogen and oxygen atoms in total. The van der Waals surface area contributed by atoms with Crippen LogP contribution in [0.15, 0.2) is 212 Å². The van der Waals surface area contributed by atoms with Crippen molar-refractivity contribution in [3.05, 3.63) is 257 Å². The van der Waals surface area contributed by atoms with E-state index in [4.69, 9.17) is 4.74 Å². The van der Waals surface area contributed by atoms with Gasteiger partial charge in [0.15, 0.2) is 11.5 Å². The average Bonchev–Trinajstić information content (AvgIpc) is 2.00. The van der Waals surface area contributed by atoms with Crippen LogP contribution >= 0.6 is 11.3 Å². The summed E-state index contributed by atoms with van der Waals surface area (Å²) in [6.45, 7) is 27.6. The van der Waals surface area contributed by atoms with Crippen LogP contribution in [0.1, 0.15) is 128 Å². The first-order valence-corrected chi connectivity index (χ1v) is 30.0. The van der Waals surface area contributed by atoms with Crippen molar-refractivity contribution in [2.24, 2.45) is 0 Å². The van der Waals surface area contributed by atoms with Crippen LogP contribution in [0.25, 0.3) is 31.3 Å². The van der Waals surface area contributed by atoms with E-state index < -0.39 is 5.41 Å². The molecule has 0 N–H and O–H groups in total. The van der Waals surface area contributed by atoms with Crippen LogP contribution in [-0.2, 0) is 27.1 Å². The average molecular weight is 1090 g/mol. The fraction of sp³-hybridized carbons (Fsp3) is 0.221. The van der Waals surface area contributed by atoms with E-state index >= 15 is 0 Å². The van der Waals surface area contributed by atoms with Gasteiger partial charge in [0.2, 0.25) is 0 Å². The van der Waals surface area contributed by atoms with E-state index in [2.05, 4.69) is 310 Å². The van der Waals surface area contributed by atoms with Gasteiger partial charge in [0.05, 0.1) is 32.9 Å². The molecule has 0 saturated carbocycles. The van der Waals surface area contributed by atoms with Crippen LogP contribution in [0.3, 0.4) is 0 Å². The second kappa shape index (κ2) is 18.3. The van der Waals surface area contributed by atoms with Crippen LogP contribution in [0.5, 0.6) is 11.5 Å². The zero-order valence-electron chi connectivity index (χ0n) is 49.4. The quantitative estimate of drug-likeness (QED) is 0.165. The molecule has 0 bridgehead atoms. The lowest BCUT2D eigenvalue weighted by Gasteiger charge is -2.47. The van der Waals surface area contributed by atoms with Crippen LogP contribution < -0.4 is 19.4 Å². The Balaban J connectivity index is 1.12. The van der Waals surface area contributed by atoms with E-state index in [0.717, 1.165) is 62.7 Å². The van der Waals surface area contributed by atoms with Gasteiger partial charge in [0.1, 0.15) is 0 Å². The van der Waals surface area contributed by atoms with Crippen molar-refractivity contribution in [2.75, 3.05) is 14.7 Å². The van der Waals surface area contributed by atoms with Gasteiger partial charge >= 0.3 is 0 Å². The SMILES string of the molecule is CC(C)(C)c1ccc(N(c2ccc(C(C)(C)C)cc2)c2ccc3c(c2)C2(c4ccccc4N4c5ccccc5Oc5cccc2c54)c2cc(N(c4ccc(C(C)(C)C)cc4)c4ccc(C(C)(C)C)cc4)c4sc5ccccc5c4c2-3)cc1. The fourth-order valence-electron chi connectivity index (χ4n) is 13.4. The molecule has 14 rings (SSSR count). The van der Waals surface area contributed by atoms with Gasteiger partial charge in [-0.3, -0.25) is 0 Å². The molecule has 1 atom stereocenters. The van der Waals surface area contributed by atoms with Crippen molar-refractivity contribution >= 4 is 82.7 Å². The molecule has 0 fully saturated rings. The lowest BCUT2D eigenvalue weighted by atomic mass is 9.64. The molecule has 11 aromatic rings. The first-order chi connectivity index (χ1) is 39.2. The fourth-order valence-corrected chi connectivity index (χ4v) is 14.6. The van der Waals surface area contributed by atoms with E-state index in [-0.39, 0.29) is 21.7 Å². The second-order valence-corrected chi connectivity index (χ2v) is 28.1. The maximum absolute atomic E-state index is 7.07. The first kappa shape index (κ1) is 51.7. The monoisotopic (exact) mass is 1090 g/mol. The Kier molecular flexibility index (Phi) is 11.6. The summed E-state index contributed by atoms with van der Waals surface area (Å²) in [5.41, 5.74) is 21.7. The second-order valence-electron chi connectivity index (χ2n) is 27.0. The molecule has 0 amide bonds. The van der Waals surface area contributed by atoms with E-state index in [9.17, 15) is 0 Å². The lowest BCUT2D eigenvalue weighted by Crippen LogP contribution is -2.37. The third-order valence-corrected chi connectivity index (χ3v) is 18.9. The molecule has 1 spiro atoms. The smallest absolute Gasteiger partial charge is 0.151 e. The largest absolute Gasteiger partial charge is 0.453 e. The Hall–Kier alpha value is -8.38. The highest BCUT2D eigenvalue weighted by Gasteiger charge is 2.55. The van der Waals surface area contributed by atoms with Gasteiger partial charge in [0, 0.05) is 43.9 Å². The number of thiophene rings is 1. The molecular formula is C77H71N3OS. The zero-order valence-corrected chi connectivity index (χ0v) is 50.2. The molecule has 1 aromatic heterocycles. The third-order valence-electron chi connectivity index (χ3n) is 17.7. The summed E-state index contributed by atoms with van der Waals surface area (Å²) < 4.78 is 9.58. The molecule has 5 heteroatoms. The van der Waals surface area contributed by atoms with E-state index in [0.29, 0.717) is 0 Å². The Morgan fingerprint density at radius 3 is 1.41 bits per heavy atom. The molecule has 10 aromatic carbocycles. The molecule has 2 aliphatic heterocycles. The number of fused-ring (bicyclic) bond motifs is 15. The lowest BCUT2D eigenvalue weighted by molar-refractivity contribution is 0.473. The van der Waals surface area contributed by atoms with Crippen molar-refractivity contribution in [1.29, 1.82) is 0 Å². The number of anilines is 9. The van der Waals surface area contributed by atoms with Crippen LogP contribution in [0.2, 0.25) is 0 Å². The molecule has 406 valence electrons. The van der Waals surface area contributed by atoms with Gasteiger partial charge in [-0.15, -0.1) is 11.3 Å². The van der Waals surface area contributed by atoms with Gasteiger partial charge in [0.25, 0.3) is 0 Å². The topological polar surface area (TPSA) is 19.0 Å². The number of rotatable bonds is 6. The van der Waals surface area contributed by atoms with Crippen molar-refractivity contribution in [3.63, 3.8) is 0 Å². The number of ether oxygens (including phenoxy) is 1. The molecule has 0 saturated heterocycles. The summed E-state index contributed by atoms with van der Waals surface area (Å²) in [7, 11) is 0. The number of benzene rings is 10. The predicted molar refractivity (Wildman–Crippen MR) is 349 cm³/mol. The summed E-state index contributed by atoms with van der Waals surface area (Å²) in [6.07, 6.45) is 0. The zero-order chi connectivity index (χ0) is 56.8. The van der Waals surface area contributed by atoms with E-state index in [1.165, 1.54) is 75.8 Å². The van der Waals surface area contributed by atoms with Crippen molar-refractivity contribution in [3.8, 4) is 22.6 Å². The Bertz CT molecular complexity index is 4220. The molecule has 3 aliphatic rings. The van der Waals surface area contributed by atoms with Gasteiger partial charge in [-0.1, -0.05) is 198 Å². The first-order valence-electron chi connectivity index (χ1n) is 29.2. The van der Waals surface area contributed by atoms with Crippen LogP contribution in [0, 0.1) is 0 Å². The summed E-state index contributed by atoms with van der Waals surface area (Å²) in [5, 5.41) is 2.54. The molecule has 1 unspecified atom stereocenters. The summed E-state index contributed by atoms with van der Waals surface area (Å²) >= 11 is 1.91. The molecule has 1 aliphatic carbocycles. The Morgan fingerprint density at radius 2 is 0.854 bits per heavy atom. The highest BCUT2D eigenvalue weighted by atomic mass is 32.1. The summed E-state index contributed by atoms with van der Waals surface area (Å²) in [4.78, 5) is 7.50. The Morgan fingerprint density at radius 1 is 0.390 bits per heavy atom. The van der Waals surface area contributed by atoms with Crippen LogP contribution in [-0.4, -0.2) is 0 Å². The maximum Gasteiger partial charge on any atom is 0.151 e. The normalized spacial score (nSPS) is 15.2. The minimum atomic E-state index is -0.837. The van der Waals surface area contributed by atoms with Crippen molar-refractivity contribution in [1.82, 2.24) is 0 Å². The minimum absolute atomic E-state index is 0.00209. The standard InChI is InChI=1S/C77H71N3OS/c1-73(2,3)48-28-36-52(37-29-48)78(53-38-30-49(31-39-53)74(4,5)6)56-44-45-57-61(46-56)77(59-21-14-15-23-63(59)80-64-24-16-17-25-66(64)81-67-26-19-22-60(77)71(67)80)62-47-65(72-70(69(57)62)58-20-13-18-27-68(58)82-72)79(54-40-32-50(33-41-54)75(7,8)9)55-42-34-51(35-43-55)76(10,11)12/h13-47H,1-12H3.